The molecule has 23 heteroatoms. The van der Waals surface area contributed by atoms with Crippen LogP contribution in [-0.2, 0) is 36.1 Å². The lowest BCUT2D eigenvalue weighted by Crippen LogP contribution is -2.42. The first-order valence-corrected chi connectivity index (χ1v) is 27.4. The fraction of sp³-hybridized carbons (Fsp3) is 0.362. The molecule has 0 unspecified atom stereocenters. The van der Waals surface area contributed by atoms with Gasteiger partial charge >= 0.3 is 30.1 Å². The van der Waals surface area contributed by atoms with Crippen molar-refractivity contribution in [1.29, 1.82) is 0 Å². The van der Waals surface area contributed by atoms with Gasteiger partial charge in [0.05, 0.1) is 15.8 Å². The molecule has 1 spiro atoms. The number of thiophene rings is 1. The molecule has 2 aromatic heterocycles. The van der Waals surface area contributed by atoms with Crippen LogP contribution in [0.15, 0.2) is 96.4 Å². The quantitative estimate of drug-likeness (QED) is 0.0297. The number of nitrogens with zero attached hydrogens (tertiary/aromatic N) is 2. The molecule has 0 radical (unpaired) electrons. The van der Waals surface area contributed by atoms with Crippen LogP contribution in [-0.4, -0.2) is 84.0 Å². The summed E-state index contributed by atoms with van der Waals surface area (Å²) in [4.78, 5) is 92.8. The van der Waals surface area contributed by atoms with E-state index in [1.807, 2.05) is 55.6 Å². The fourth-order valence-electron chi connectivity index (χ4n) is 10.7. The van der Waals surface area contributed by atoms with Crippen LogP contribution in [0.4, 0.5) is 43.4 Å². The molecule has 81 heavy (non-hydrogen) atoms. The van der Waals surface area contributed by atoms with Crippen LogP contribution in [0.1, 0.15) is 125 Å². The van der Waals surface area contributed by atoms with Crippen molar-refractivity contribution in [3.63, 3.8) is 0 Å². The number of carbonyl (C=O) groups excluding carboxylic acids is 7. The van der Waals surface area contributed by atoms with Crippen LogP contribution < -0.4 is 36.2 Å². The van der Waals surface area contributed by atoms with Gasteiger partial charge in [-0.05, 0) is 124 Å². The number of hydrogen-bond acceptors (Lipinski definition) is 10. The number of ether oxygens (including phenoxy) is 2. The number of aryl methyl sites for hydroxylation is 1. The summed E-state index contributed by atoms with van der Waals surface area (Å²) in [6.07, 6.45) is -2.97. The van der Waals surface area contributed by atoms with Crippen molar-refractivity contribution in [2.45, 2.75) is 109 Å². The van der Waals surface area contributed by atoms with E-state index in [1.54, 1.807) is 20.1 Å². The van der Waals surface area contributed by atoms with Gasteiger partial charge in [-0.25, -0.2) is 4.79 Å². The van der Waals surface area contributed by atoms with E-state index in [-0.39, 0.29) is 86.9 Å². The molecule has 2 aliphatic heterocycles. The molecule has 0 bridgehead atoms. The van der Waals surface area contributed by atoms with Crippen molar-refractivity contribution in [1.82, 2.24) is 20.5 Å². The zero-order valence-electron chi connectivity index (χ0n) is 44.0. The summed E-state index contributed by atoms with van der Waals surface area (Å²) >= 11 is 1.51. The number of halogens is 6. The summed E-state index contributed by atoms with van der Waals surface area (Å²) in [5.41, 5.74) is 0.856. The summed E-state index contributed by atoms with van der Waals surface area (Å²) < 4.78 is 93.4. The van der Waals surface area contributed by atoms with E-state index >= 15 is 0 Å². The normalized spacial score (nSPS) is 16.1. The maximum absolute atomic E-state index is 13.7. The van der Waals surface area contributed by atoms with Crippen LogP contribution in [0.2, 0.25) is 0 Å². The molecular weight excluding hydrogens is 1080 g/mol. The summed E-state index contributed by atoms with van der Waals surface area (Å²) in [6.45, 7) is 5.26. The second kappa shape index (κ2) is 23.9. The third-order valence-corrected chi connectivity index (χ3v) is 15.6. The zero-order valence-corrected chi connectivity index (χ0v) is 44.9. The lowest BCUT2D eigenvalue weighted by atomic mass is 9.77. The van der Waals surface area contributed by atoms with Gasteiger partial charge in [-0.15, -0.1) is 11.3 Å². The molecule has 426 valence electrons. The van der Waals surface area contributed by atoms with Crippen molar-refractivity contribution in [2.75, 3.05) is 35.2 Å². The van der Waals surface area contributed by atoms with E-state index in [9.17, 15) is 59.9 Å². The number of benzene rings is 4. The van der Waals surface area contributed by atoms with Crippen LogP contribution in [0, 0.1) is 12.8 Å². The van der Waals surface area contributed by atoms with Gasteiger partial charge in [0.15, 0.2) is 5.60 Å². The largest absolute Gasteiger partial charge is 0.471 e. The second-order valence-corrected chi connectivity index (χ2v) is 21.2. The molecule has 1 saturated carbocycles. The predicted molar refractivity (Wildman–Crippen MR) is 289 cm³/mol. The van der Waals surface area contributed by atoms with Gasteiger partial charge in [0, 0.05) is 83.0 Å². The molecule has 1 fully saturated rings. The Labute approximate surface area is 464 Å². The number of anilines is 3. The molecule has 0 saturated heterocycles. The highest BCUT2D eigenvalue weighted by atomic mass is 32.1. The molecular formula is C58H57F6N7O9S. The number of hydrogen-bond donors (Lipinski definition) is 5. The maximum Gasteiger partial charge on any atom is 0.471 e. The monoisotopic (exact) mass is 1140 g/mol. The Balaban J connectivity index is 0.708. The van der Waals surface area contributed by atoms with Gasteiger partial charge in [-0.1, -0.05) is 43.9 Å². The number of carbonyl (C=O) groups is 7. The standard InChI is InChI=1S/C58H57F6N7O9S/c1-3-70(39-12-10-11-33(2)27-39)49(72)32-71-44-23-26-81-48(44)31-45(71)52(75)67-36-16-13-34(14-17-36)50(73)65-24-8-6-4-5-7-9-25-66-51(74)35-15-20-41-40(28-35)53(76)80-56(41)42-21-18-37(68-54(77)57(59,60)61)29-46(42)79-47-30-38(19-22-43(47)56)69-55(78)58(62,63)64/h10-12,15,18-23,26-31,34,36H,3-9,13-14,16-17,24-25,32H2,1-2H3,(H,65,73)(H,66,74)(H,67,75)(H,68,77)(H,69,78)/t34-,36-. The average molecular weight is 1140 g/mol. The number of likely N-dealkylation sites (N-methyl/N-ethyl adjacent to an activating group) is 1. The molecule has 5 N–H and O–H groups in total. The summed E-state index contributed by atoms with van der Waals surface area (Å²) in [5, 5.41) is 14.4. The zero-order chi connectivity index (χ0) is 57.8. The number of aromatic nitrogens is 1. The molecule has 4 aromatic carbocycles. The number of amides is 6. The van der Waals surface area contributed by atoms with Crippen molar-refractivity contribution < 1.29 is 69.4 Å². The van der Waals surface area contributed by atoms with E-state index in [0.29, 0.717) is 57.4 Å². The molecule has 9 rings (SSSR count). The molecule has 4 heterocycles. The molecule has 6 aromatic rings. The highest BCUT2D eigenvalue weighted by Gasteiger charge is 2.54. The Morgan fingerprint density at radius 1 is 0.704 bits per heavy atom. The van der Waals surface area contributed by atoms with Crippen molar-refractivity contribution in [3.8, 4) is 11.5 Å². The van der Waals surface area contributed by atoms with Gasteiger partial charge in [-0.2, -0.15) is 26.3 Å². The Hall–Kier alpha value is -8.21. The van der Waals surface area contributed by atoms with E-state index in [2.05, 4.69) is 16.0 Å². The van der Waals surface area contributed by atoms with E-state index < -0.39 is 41.6 Å². The number of unbranched alkanes of at least 4 members (excludes halogenated alkanes) is 5. The van der Waals surface area contributed by atoms with Crippen LogP contribution in [0.3, 0.4) is 0 Å². The number of esters is 1. The first-order chi connectivity index (χ1) is 38.6. The Bertz CT molecular complexity index is 3340. The van der Waals surface area contributed by atoms with Gasteiger partial charge in [0.25, 0.3) is 11.8 Å². The Kier molecular flexibility index (Phi) is 16.9. The summed E-state index contributed by atoms with van der Waals surface area (Å²) in [6, 6.07) is 22.4. The van der Waals surface area contributed by atoms with E-state index in [4.69, 9.17) is 9.47 Å². The van der Waals surface area contributed by atoms with Gasteiger partial charge in [-0.3, -0.25) is 28.8 Å². The van der Waals surface area contributed by atoms with Gasteiger partial charge in [0.2, 0.25) is 11.8 Å². The number of nitrogens with one attached hydrogen (secondary N) is 5. The lowest BCUT2D eigenvalue weighted by Gasteiger charge is -2.37. The fourth-order valence-corrected chi connectivity index (χ4v) is 11.5. The van der Waals surface area contributed by atoms with Crippen LogP contribution >= 0.6 is 11.3 Å². The number of alkyl halides is 6. The van der Waals surface area contributed by atoms with E-state index in [1.165, 1.54) is 41.7 Å². The first-order valence-electron chi connectivity index (χ1n) is 26.6. The minimum atomic E-state index is -5.25. The van der Waals surface area contributed by atoms with E-state index in [0.717, 1.165) is 77.8 Å². The molecule has 1 aliphatic carbocycles. The lowest BCUT2D eigenvalue weighted by molar-refractivity contribution is -0.167. The average Bonchev–Trinajstić information content (AvgIpc) is 4.30. The van der Waals surface area contributed by atoms with Gasteiger partial charge in [0.1, 0.15) is 23.7 Å². The van der Waals surface area contributed by atoms with Crippen molar-refractivity contribution in [2.24, 2.45) is 5.92 Å². The second-order valence-electron chi connectivity index (χ2n) is 20.2. The topological polar surface area (TPSA) is 206 Å². The molecule has 3 aliphatic rings. The number of fused-ring (bicyclic) bond motifs is 7. The summed E-state index contributed by atoms with van der Waals surface area (Å²) in [5.74, 6) is -6.96. The molecule has 0 atom stereocenters. The first kappa shape index (κ1) is 57.5. The summed E-state index contributed by atoms with van der Waals surface area (Å²) in [7, 11) is 0. The third kappa shape index (κ3) is 12.6. The number of rotatable bonds is 19. The SMILES string of the molecule is CCN(C(=O)Cn1c(C(=O)N[C@H]2CC[C@H](C(=O)NCCCCCCCCNC(=O)c3ccc4c(c3)C(=O)OC43c4ccc(NC(=O)C(F)(F)F)cc4Oc4cc(NC(=O)C(F)(F)F)ccc43)CC2)cc2sccc21)c1cccc(C)c1. The minimum absolute atomic E-state index is 0.00469. The van der Waals surface area contributed by atoms with Crippen LogP contribution in [0.5, 0.6) is 11.5 Å². The highest BCUT2D eigenvalue weighted by Crippen LogP contribution is 2.57. The van der Waals surface area contributed by atoms with Crippen LogP contribution in [0.25, 0.3) is 10.2 Å². The predicted octanol–water partition coefficient (Wildman–Crippen LogP) is 10.8. The molecule has 6 amide bonds. The highest BCUT2D eigenvalue weighted by molar-refractivity contribution is 7.17. The third-order valence-electron chi connectivity index (χ3n) is 14.7. The van der Waals surface area contributed by atoms with Crippen molar-refractivity contribution >= 4 is 80.0 Å². The van der Waals surface area contributed by atoms with Crippen molar-refractivity contribution in [3.05, 3.63) is 135 Å². The Morgan fingerprint density at radius 3 is 1.91 bits per heavy atom. The maximum atomic E-state index is 13.7. The van der Waals surface area contributed by atoms with Gasteiger partial charge < -0.3 is 45.5 Å². The smallest absolute Gasteiger partial charge is 0.456 e. The Morgan fingerprint density at radius 2 is 1.31 bits per heavy atom. The molecule has 16 nitrogen and oxygen atoms in total. The minimum Gasteiger partial charge on any atom is -0.456 e.